The summed E-state index contributed by atoms with van der Waals surface area (Å²) in [5, 5.41) is 9.09. The molecule has 1 unspecified atom stereocenters. The zero-order chi connectivity index (χ0) is 15.3. The molecule has 20 heavy (non-hydrogen) atoms. The molecule has 1 rings (SSSR count). The summed E-state index contributed by atoms with van der Waals surface area (Å²) in [6, 6.07) is 5.34. The molecule has 0 aliphatic heterocycles. The summed E-state index contributed by atoms with van der Waals surface area (Å²) < 4.78 is 26.6. The van der Waals surface area contributed by atoms with Crippen LogP contribution in [0.4, 0.5) is 0 Å². The van der Waals surface area contributed by atoms with E-state index >= 15 is 0 Å². The maximum absolute atomic E-state index is 12.2. The van der Waals surface area contributed by atoms with Crippen LogP contribution in [-0.2, 0) is 21.2 Å². The van der Waals surface area contributed by atoms with E-state index in [2.05, 4.69) is 4.72 Å². The average Bonchev–Trinajstić information content (AvgIpc) is 2.37. The number of aryl methyl sites for hydroxylation is 1. The number of carboxylic acid groups (broad SMARTS) is 1. The first kappa shape index (κ1) is 16.7. The smallest absolute Gasteiger partial charge is 0.321 e. The molecule has 0 saturated heterocycles. The van der Waals surface area contributed by atoms with E-state index in [0.29, 0.717) is 0 Å². The largest absolute Gasteiger partial charge is 0.480 e. The van der Waals surface area contributed by atoms with Gasteiger partial charge in [-0.3, -0.25) is 4.79 Å². The van der Waals surface area contributed by atoms with Crippen molar-refractivity contribution >= 4 is 16.0 Å². The fraction of sp³-hybridized carbons (Fsp3) is 0.500. The van der Waals surface area contributed by atoms with Crippen LogP contribution in [0.3, 0.4) is 0 Å². The molecule has 2 N–H and O–H groups in total. The van der Waals surface area contributed by atoms with Gasteiger partial charge in [0, 0.05) is 0 Å². The number of rotatable bonds is 7. The van der Waals surface area contributed by atoms with Crippen molar-refractivity contribution in [3.8, 4) is 0 Å². The van der Waals surface area contributed by atoms with Crippen LogP contribution in [0.1, 0.15) is 32.8 Å². The van der Waals surface area contributed by atoms with E-state index in [1.54, 1.807) is 12.1 Å². The summed E-state index contributed by atoms with van der Waals surface area (Å²) in [4.78, 5) is 11.2. The molecule has 0 aliphatic carbocycles. The number of benzene rings is 1. The molecule has 1 atom stereocenters. The quantitative estimate of drug-likeness (QED) is 0.807. The van der Waals surface area contributed by atoms with Gasteiger partial charge in [0.1, 0.15) is 6.04 Å². The fourth-order valence-corrected chi connectivity index (χ4v) is 3.03. The molecular weight excluding hydrogens is 278 g/mol. The molecule has 0 heterocycles. The number of aliphatic carboxylic acids is 1. The van der Waals surface area contributed by atoms with Gasteiger partial charge >= 0.3 is 5.97 Å². The highest BCUT2D eigenvalue weighted by atomic mass is 32.2. The topological polar surface area (TPSA) is 83.5 Å². The lowest BCUT2D eigenvalue weighted by atomic mass is 10.1. The van der Waals surface area contributed by atoms with Gasteiger partial charge in [-0.05, 0) is 36.5 Å². The Bertz CT molecular complexity index is 549. The number of hydrogen-bond acceptors (Lipinski definition) is 3. The molecule has 1 aromatic carbocycles. The average molecular weight is 299 g/mol. The van der Waals surface area contributed by atoms with Gasteiger partial charge in [0.15, 0.2) is 0 Å². The number of carbonyl (C=O) groups is 1. The number of hydrogen-bond donors (Lipinski definition) is 2. The highest BCUT2D eigenvalue weighted by molar-refractivity contribution is 7.89. The minimum absolute atomic E-state index is 0.0845. The Labute approximate surface area is 120 Å². The highest BCUT2D eigenvalue weighted by Crippen LogP contribution is 2.13. The van der Waals surface area contributed by atoms with Crippen molar-refractivity contribution in [2.24, 2.45) is 5.92 Å². The van der Waals surface area contributed by atoms with Crippen LogP contribution in [-0.4, -0.2) is 25.5 Å². The summed E-state index contributed by atoms with van der Waals surface area (Å²) in [6.07, 6.45) is 1.07. The third kappa shape index (κ3) is 4.61. The summed E-state index contributed by atoms with van der Waals surface area (Å²) in [7, 11) is -3.81. The van der Waals surface area contributed by atoms with Gasteiger partial charge in [-0.1, -0.05) is 32.9 Å². The van der Waals surface area contributed by atoms with Gasteiger partial charge in [-0.25, -0.2) is 8.42 Å². The molecule has 0 bridgehead atoms. The zero-order valence-corrected chi connectivity index (χ0v) is 12.8. The van der Waals surface area contributed by atoms with Crippen LogP contribution in [0.2, 0.25) is 0 Å². The predicted octanol–water partition coefficient (Wildman–Crippen LogP) is 2.03. The normalized spacial score (nSPS) is 13.4. The van der Waals surface area contributed by atoms with Crippen molar-refractivity contribution in [3.63, 3.8) is 0 Å². The predicted molar refractivity (Wildman–Crippen MR) is 77.0 cm³/mol. The summed E-state index contributed by atoms with van der Waals surface area (Å²) in [5.74, 6) is -1.08. The van der Waals surface area contributed by atoms with Crippen molar-refractivity contribution in [3.05, 3.63) is 29.8 Å². The molecule has 0 aliphatic rings. The number of nitrogens with one attached hydrogen (secondary N) is 1. The lowest BCUT2D eigenvalue weighted by molar-refractivity contribution is -0.139. The monoisotopic (exact) mass is 299 g/mol. The first-order valence-electron chi connectivity index (χ1n) is 6.60. The summed E-state index contributed by atoms with van der Waals surface area (Å²) in [5.41, 5.74) is 1.03. The Morgan fingerprint density at radius 3 is 2.20 bits per heavy atom. The highest BCUT2D eigenvalue weighted by Gasteiger charge is 2.25. The Morgan fingerprint density at radius 1 is 1.25 bits per heavy atom. The van der Waals surface area contributed by atoms with Crippen LogP contribution >= 0.6 is 0 Å². The van der Waals surface area contributed by atoms with Crippen molar-refractivity contribution in [1.29, 1.82) is 0 Å². The summed E-state index contributed by atoms with van der Waals surface area (Å²) >= 11 is 0. The van der Waals surface area contributed by atoms with E-state index in [-0.39, 0.29) is 17.2 Å². The van der Waals surface area contributed by atoms with Gasteiger partial charge in [-0.2, -0.15) is 4.72 Å². The number of sulfonamides is 1. The molecular formula is C14H21NO4S. The number of carboxylic acids is 1. The Hall–Kier alpha value is -1.40. The van der Waals surface area contributed by atoms with E-state index in [0.717, 1.165) is 12.0 Å². The molecule has 0 saturated carbocycles. The second kappa shape index (κ2) is 6.85. The maximum atomic E-state index is 12.2. The molecule has 1 aromatic rings. The molecule has 0 spiro atoms. The minimum atomic E-state index is -3.81. The Kier molecular flexibility index (Phi) is 5.71. The molecule has 6 heteroatoms. The van der Waals surface area contributed by atoms with Crippen molar-refractivity contribution in [1.82, 2.24) is 4.72 Å². The van der Waals surface area contributed by atoms with Crippen LogP contribution in [0.5, 0.6) is 0 Å². The van der Waals surface area contributed by atoms with E-state index in [1.807, 2.05) is 20.8 Å². The van der Waals surface area contributed by atoms with Gasteiger partial charge in [0.25, 0.3) is 0 Å². The van der Waals surface area contributed by atoms with Crippen LogP contribution in [0.15, 0.2) is 29.2 Å². The van der Waals surface area contributed by atoms with Crippen LogP contribution in [0, 0.1) is 5.92 Å². The van der Waals surface area contributed by atoms with E-state index in [1.165, 1.54) is 12.1 Å². The van der Waals surface area contributed by atoms with Crippen molar-refractivity contribution < 1.29 is 18.3 Å². The summed E-state index contributed by atoms with van der Waals surface area (Å²) in [6.45, 7) is 5.67. The first-order chi connectivity index (χ1) is 9.26. The van der Waals surface area contributed by atoms with Crippen molar-refractivity contribution in [2.75, 3.05) is 0 Å². The maximum Gasteiger partial charge on any atom is 0.321 e. The lowest BCUT2D eigenvalue weighted by Crippen LogP contribution is -2.41. The standard InChI is InChI=1S/C14H21NO4S/c1-4-11-5-7-12(8-6-11)20(18,19)15-13(14(16)17)9-10(2)3/h5-8,10,13,15H,4,9H2,1-3H3,(H,16,17). The molecule has 5 nitrogen and oxygen atoms in total. The second-order valence-electron chi connectivity index (χ2n) is 5.14. The molecule has 0 fully saturated rings. The SMILES string of the molecule is CCc1ccc(S(=O)(=O)NC(CC(C)C)C(=O)O)cc1. The van der Waals surface area contributed by atoms with E-state index < -0.39 is 22.0 Å². The Balaban J connectivity index is 2.93. The van der Waals surface area contributed by atoms with Crippen molar-refractivity contribution in [2.45, 2.75) is 44.6 Å². The van der Waals surface area contributed by atoms with Crippen LogP contribution in [0.25, 0.3) is 0 Å². The van der Waals surface area contributed by atoms with Gasteiger partial charge in [0.2, 0.25) is 10.0 Å². The van der Waals surface area contributed by atoms with Gasteiger partial charge < -0.3 is 5.11 Å². The zero-order valence-electron chi connectivity index (χ0n) is 12.0. The van der Waals surface area contributed by atoms with E-state index in [9.17, 15) is 13.2 Å². The van der Waals surface area contributed by atoms with Gasteiger partial charge in [-0.15, -0.1) is 0 Å². The van der Waals surface area contributed by atoms with Gasteiger partial charge in [0.05, 0.1) is 4.90 Å². The fourth-order valence-electron chi connectivity index (χ4n) is 1.83. The molecule has 112 valence electrons. The molecule has 0 aromatic heterocycles. The minimum Gasteiger partial charge on any atom is -0.480 e. The first-order valence-corrected chi connectivity index (χ1v) is 8.08. The second-order valence-corrected chi connectivity index (χ2v) is 6.85. The molecule has 0 amide bonds. The third-order valence-electron chi connectivity index (χ3n) is 2.94. The van der Waals surface area contributed by atoms with E-state index in [4.69, 9.17) is 5.11 Å². The Morgan fingerprint density at radius 2 is 1.80 bits per heavy atom. The molecule has 0 radical (unpaired) electrons. The van der Waals surface area contributed by atoms with Crippen LogP contribution < -0.4 is 4.72 Å². The third-order valence-corrected chi connectivity index (χ3v) is 4.43. The lowest BCUT2D eigenvalue weighted by Gasteiger charge is -2.16.